The predicted molar refractivity (Wildman–Crippen MR) is 80.5 cm³/mol. The van der Waals surface area contributed by atoms with E-state index in [1.54, 1.807) is 0 Å². The summed E-state index contributed by atoms with van der Waals surface area (Å²) in [5.74, 6) is 0.768. The van der Waals surface area contributed by atoms with Crippen LogP contribution in [0.5, 0.6) is 0 Å². The Kier molecular flexibility index (Phi) is 3.59. The van der Waals surface area contributed by atoms with Gasteiger partial charge in [-0.1, -0.05) is 30.3 Å². The molecule has 0 aromatic heterocycles. The molecular formula is C17H25FN2. The molecule has 20 heavy (non-hydrogen) atoms. The summed E-state index contributed by atoms with van der Waals surface area (Å²) in [6.07, 6.45) is 2.63. The lowest BCUT2D eigenvalue weighted by Crippen LogP contribution is -2.67. The zero-order valence-corrected chi connectivity index (χ0v) is 12.5. The van der Waals surface area contributed by atoms with Gasteiger partial charge in [0.25, 0.3) is 0 Å². The standard InChI is InChI=1S/C17H25FN2/c1-16(14-8-9-14)13-20(11-10-18)17(2,12-19-16)15-6-4-3-5-7-15/h3-7,14,19H,8-13H2,1-2H3. The van der Waals surface area contributed by atoms with Crippen LogP contribution in [0, 0.1) is 5.92 Å². The molecule has 2 fully saturated rings. The Balaban J connectivity index is 1.87. The highest BCUT2D eigenvalue weighted by Crippen LogP contribution is 2.44. The van der Waals surface area contributed by atoms with Gasteiger partial charge in [0.05, 0.1) is 5.54 Å². The highest BCUT2D eigenvalue weighted by Gasteiger charge is 2.49. The molecule has 3 rings (SSSR count). The van der Waals surface area contributed by atoms with Crippen LogP contribution in [-0.2, 0) is 5.54 Å². The molecule has 2 aliphatic rings. The first-order valence-corrected chi connectivity index (χ1v) is 7.70. The number of nitrogens with zero attached hydrogens (tertiary/aromatic N) is 1. The molecule has 0 radical (unpaired) electrons. The molecule has 0 spiro atoms. The number of halogens is 1. The molecule has 1 aliphatic heterocycles. The molecule has 0 amide bonds. The number of nitrogens with one attached hydrogen (secondary N) is 1. The lowest BCUT2D eigenvalue weighted by Gasteiger charge is -2.52. The highest BCUT2D eigenvalue weighted by atomic mass is 19.1. The fraction of sp³-hybridized carbons (Fsp3) is 0.647. The molecule has 110 valence electrons. The predicted octanol–water partition coefficient (Wildman–Crippen LogP) is 2.95. The van der Waals surface area contributed by atoms with E-state index in [-0.39, 0.29) is 17.8 Å². The van der Waals surface area contributed by atoms with Gasteiger partial charge in [-0.05, 0) is 38.2 Å². The normalized spacial score (nSPS) is 35.1. The number of piperazine rings is 1. The van der Waals surface area contributed by atoms with E-state index in [1.807, 2.05) is 6.07 Å². The van der Waals surface area contributed by atoms with Gasteiger partial charge in [0.15, 0.2) is 0 Å². The molecule has 1 saturated heterocycles. The molecular weight excluding hydrogens is 251 g/mol. The minimum Gasteiger partial charge on any atom is -0.308 e. The van der Waals surface area contributed by atoms with Crippen LogP contribution in [0.1, 0.15) is 32.3 Å². The maximum atomic E-state index is 13.0. The molecule has 1 aliphatic carbocycles. The van der Waals surface area contributed by atoms with Crippen molar-refractivity contribution < 1.29 is 4.39 Å². The third-order valence-electron chi connectivity index (χ3n) is 5.28. The Morgan fingerprint density at radius 2 is 1.95 bits per heavy atom. The van der Waals surface area contributed by atoms with E-state index < -0.39 is 0 Å². The van der Waals surface area contributed by atoms with Gasteiger partial charge in [-0.15, -0.1) is 0 Å². The van der Waals surface area contributed by atoms with E-state index in [2.05, 4.69) is 48.3 Å². The van der Waals surface area contributed by atoms with Gasteiger partial charge >= 0.3 is 0 Å². The Morgan fingerprint density at radius 3 is 2.55 bits per heavy atom. The third-order valence-corrected chi connectivity index (χ3v) is 5.28. The molecule has 1 aromatic carbocycles. The van der Waals surface area contributed by atoms with Crippen molar-refractivity contribution in [2.45, 2.75) is 37.8 Å². The smallest absolute Gasteiger partial charge is 0.102 e. The monoisotopic (exact) mass is 276 g/mol. The molecule has 3 heteroatoms. The first-order chi connectivity index (χ1) is 9.58. The van der Waals surface area contributed by atoms with Crippen molar-refractivity contribution in [3.63, 3.8) is 0 Å². The molecule has 2 nitrogen and oxygen atoms in total. The molecule has 2 atom stereocenters. The average Bonchev–Trinajstić information content (AvgIpc) is 3.30. The van der Waals surface area contributed by atoms with Crippen LogP contribution in [0.25, 0.3) is 0 Å². The number of alkyl halides is 1. The van der Waals surface area contributed by atoms with Gasteiger partial charge in [-0.3, -0.25) is 4.90 Å². The van der Waals surface area contributed by atoms with Crippen molar-refractivity contribution >= 4 is 0 Å². The summed E-state index contributed by atoms with van der Waals surface area (Å²) < 4.78 is 13.0. The summed E-state index contributed by atoms with van der Waals surface area (Å²) in [6, 6.07) is 10.5. The van der Waals surface area contributed by atoms with Crippen LogP contribution in [0.4, 0.5) is 4.39 Å². The van der Waals surface area contributed by atoms with Gasteiger partial charge in [0.1, 0.15) is 6.67 Å². The van der Waals surface area contributed by atoms with Crippen LogP contribution in [-0.4, -0.2) is 36.7 Å². The number of hydrogen-bond acceptors (Lipinski definition) is 2. The van der Waals surface area contributed by atoms with Crippen molar-refractivity contribution in [1.82, 2.24) is 10.2 Å². The maximum Gasteiger partial charge on any atom is 0.102 e. The topological polar surface area (TPSA) is 15.3 Å². The SMILES string of the molecule is CC1(C2CC2)CN(CCF)C(C)(c2ccccc2)CN1. The van der Waals surface area contributed by atoms with Crippen molar-refractivity contribution in [2.24, 2.45) is 5.92 Å². The fourth-order valence-electron chi connectivity index (χ4n) is 3.62. The number of rotatable bonds is 4. The van der Waals surface area contributed by atoms with E-state index in [0.717, 1.165) is 19.0 Å². The number of benzene rings is 1. The third kappa shape index (κ3) is 2.38. The summed E-state index contributed by atoms with van der Waals surface area (Å²) in [5.41, 5.74) is 1.32. The van der Waals surface area contributed by atoms with Gasteiger partial charge in [0, 0.05) is 25.2 Å². The van der Waals surface area contributed by atoms with E-state index in [4.69, 9.17) is 0 Å². The molecule has 2 unspecified atom stereocenters. The zero-order chi connectivity index (χ0) is 14.2. The quantitative estimate of drug-likeness (QED) is 0.909. The Bertz CT molecular complexity index is 459. The van der Waals surface area contributed by atoms with Crippen LogP contribution in [0.2, 0.25) is 0 Å². The summed E-state index contributed by atoms with van der Waals surface area (Å²) in [6.45, 7) is 6.62. The summed E-state index contributed by atoms with van der Waals surface area (Å²) in [5, 5.41) is 3.77. The zero-order valence-electron chi connectivity index (χ0n) is 12.5. The highest BCUT2D eigenvalue weighted by molar-refractivity contribution is 5.26. The fourth-order valence-corrected chi connectivity index (χ4v) is 3.62. The molecule has 1 heterocycles. The molecule has 1 saturated carbocycles. The Hall–Kier alpha value is -0.930. The second-order valence-electron chi connectivity index (χ2n) is 6.80. The Labute approximate surface area is 121 Å². The van der Waals surface area contributed by atoms with Crippen LogP contribution < -0.4 is 5.32 Å². The van der Waals surface area contributed by atoms with Gasteiger partial charge in [0.2, 0.25) is 0 Å². The van der Waals surface area contributed by atoms with Crippen molar-refractivity contribution in [2.75, 3.05) is 26.3 Å². The summed E-state index contributed by atoms with van der Waals surface area (Å²) in [7, 11) is 0. The minimum absolute atomic E-state index is 0.109. The van der Waals surface area contributed by atoms with Crippen LogP contribution in [0.3, 0.4) is 0 Å². The molecule has 1 N–H and O–H groups in total. The van der Waals surface area contributed by atoms with Crippen molar-refractivity contribution in [3.8, 4) is 0 Å². The van der Waals surface area contributed by atoms with Gasteiger partial charge in [-0.25, -0.2) is 4.39 Å². The van der Waals surface area contributed by atoms with Gasteiger partial charge < -0.3 is 5.32 Å². The maximum absolute atomic E-state index is 13.0. The summed E-state index contributed by atoms with van der Waals surface area (Å²) >= 11 is 0. The Morgan fingerprint density at radius 1 is 1.25 bits per heavy atom. The van der Waals surface area contributed by atoms with Crippen molar-refractivity contribution in [3.05, 3.63) is 35.9 Å². The van der Waals surface area contributed by atoms with Crippen LogP contribution >= 0.6 is 0 Å². The summed E-state index contributed by atoms with van der Waals surface area (Å²) in [4.78, 5) is 2.34. The lowest BCUT2D eigenvalue weighted by atomic mass is 9.82. The largest absolute Gasteiger partial charge is 0.308 e. The lowest BCUT2D eigenvalue weighted by molar-refractivity contribution is 0.00648. The second kappa shape index (κ2) is 5.12. The first kappa shape index (κ1) is 14.0. The second-order valence-corrected chi connectivity index (χ2v) is 6.80. The molecule has 0 bridgehead atoms. The first-order valence-electron chi connectivity index (χ1n) is 7.70. The minimum atomic E-state index is -0.275. The van der Waals surface area contributed by atoms with E-state index >= 15 is 0 Å². The molecule has 1 aromatic rings. The van der Waals surface area contributed by atoms with E-state index in [0.29, 0.717) is 6.54 Å². The number of hydrogen-bond donors (Lipinski definition) is 1. The average molecular weight is 276 g/mol. The van der Waals surface area contributed by atoms with E-state index in [1.165, 1.54) is 18.4 Å². The van der Waals surface area contributed by atoms with E-state index in [9.17, 15) is 4.39 Å². The van der Waals surface area contributed by atoms with Gasteiger partial charge in [-0.2, -0.15) is 0 Å². The van der Waals surface area contributed by atoms with Crippen molar-refractivity contribution in [1.29, 1.82) is 0 Å². The van der Waals surface area contributed by atoms with Crippen LogP contribution in [0.15, 0.2) is 30.3 Å².